The lowest BCUT2D eigenvalue weighted by atomic mass is 9.93. The highest BCUT2D eigenvalue weighted by Crippen LogP contribution is 2.46. The molecule has 3 aliphatic rings. The molecule has 1 aliphatic heterocycles. The van der Waals surface area contributed by atoms with E-state index in [0.717, 1.165) is 44.1 Å². The Hall–Kier alpha value is -1.42. The van der Waals surface area contributed by atoms with Crippen LogP contribution in [0.4, 0.5) is 4.39 Å². The second-order valence-corrected chi connectivity index (χ2v) is 7.08. The van der Waals surface area contributed by atoms with Gasteiger partial charge in [-0.3, -0.25) is 9.69 Å². The summed E-state index contributed by atoms with van der Waals surface area (Å²) in [6.07, 6.45) is 5.62. The smallest absolute Gasteiger partial charge is 0.254 e. The van der Waals surface area contributed by atoms with Crippen molar-refractivity contribution in [3.8, 4) is 0 Å². The molecule has 2 bridgehead atoms. The van der Waals surface area contributed by atoms with Crippen LogP contribution in [0.2, 0.25) is 0 Å². The van der Waals surface area contributed by atoms with E-state index in [1.54, 1.807) is 12.1 Å². The monoisotopic (exact) mass is 302 g/mol. The lowest BCUT2D eigenvalue weighted by molar-refractivity contribution is 0.0495. The molecule has 2 saturated carbocycles. The summed E-state index contributed by atoms with van der Waals surface area (Å²) < 4.78 is 13.3. The maximum absolute atomic E-state index is 13.3. The largest absolute Gasteiger partial charge is 0.336 e. The van der Waals surface area contributed by atoms with Crippen molar-refractivity contribution in [2.24, 2.45) is 11.8 Å². The van der Waals surface area contributed by atoms with E-state index in [9.17, 15) is 9.18 Å². The van der Waals surface area contributed by atoms with Crippen LogP contribution in [0.1, 0.15) is 36.0 Å². The number of hydrogen-bond acceptors (Lipinski definition) is 2. The SMILES string of the molecule is O=C(c1cccc(F)c1)N1CCN([C@@H]2C[C@H]3CC[C@H]2C3)CC1. The van der Waals surface area contributed by atoms with Crippen LogP contribution in [0.15, 0.2) is 24.3 Å². The standard InChI is InChI=1S/C18H23FN2O/c19-16-3-1-2-15(12-16)18(22)21-8-6-20(7-9-21)17-11-13-4-5-14(17)10-13/h1-3,12-14,17H,4-11H2/t13-,14-,17+/m0/s1. The molecule has 1 saturated heterocycles. The summed E-state index contributed by atoms with van der Waals surface area (Å²) in [5.74, 6) is 1.48. The van der Waals surface area contributed by atoms with Gasteiger partial charge in [0.1, 0.15) is 5.82 Å². The molecule has 22 heavy (non-hydrogen) atoms. The number of benzene rings is 1. The molecular weight excluding hydrogens is 279 g/mol. The molecule has 3 atom stereocenters. The molecule has 4 rings (SSSR count). The molecule has 0 aromatic heterocycles. The zero-order valence-electron chi connectivity index (χ0n) is 12.9. The Morgan fingerprint density at radius 1 is 1.09 bits per heavy atom. The number of fused-ring (bicyclic) bond motifs is 2. The van der Waals surface area contributed by atoms with E-state index in [1.165, 1.54) is 37.8 Å². The minimum atomic E-state index is -0.341. The molecule has 3 fully saturated rings. The van der Waals surface area contributed by atoms with Crippen LogP contribution in [0.25, 0.3) is 0 Å². The van der Waals surface area contributed by atoms with Crippen molar-refractivity contribution < 1.29 is 9.18 Å². The minimum absolute atomic E-state index is 0.0351. The van der Waals surface area contributed by atoms with E-state index in [1.807, 2.05) is 4.90 Å². The number of carbonyl (C=O) groups is 1. The van der Waals surface area contributed by atoms with E-state index in [0.29, 0.717) is 5.56 Å². The highest BCUT2D eigenvalue weighted by molar-refractivity contribution is 5.94. The maximum Gasteiger partial charge on any atom is 0.254 e. The molecule has 0 spiro atoms. The second-order valence-electron chi connectivity index (χ2n) is 7.08. The zero-order valence-corrected chi connectivity index (χ0v) is 12.9. The number of amides is 1. The molecule has 0 radical (unpaired) electrons. The first-order chi connectivity index (χ1) is 10.7. The van der Waals surface area contributed by atoms with E-state index < -0.39 is 0 Å². The van der Waals surface area contributed by atoms with Gasteiger partial charge in [0.15, 0.2) is 0 Å². The van der Waals surface area contributed by atoms with Gasteiger partial charge < -0.3 is 4.90 Å². The van der Waals surface area contributed by atoms with Crippen LogP contribution in [0.5, 0.6) is 0 Å². The third-order valence-electron chi connectivity index (χ3n) is 5.84. The Kier molecular flexibility index (Phi) is 3.65. The van der Waals surface area contributed by atoms with E-state index >= 15 is 0 Å². The van der Waals surface area contributed by atoms with Crippen LogP contribution < -0.4 is 0 Å². The first-order valence-corrected chi connectivity index (χ1v) is 8.49. The summed E-state index contributed by atoms with van der Waals surface area (Å²) in [7, 11) is 0. The molecule has 0 N–H and O–H groups in total. The van der Waals surface area contributed by atoms with E-state index in [2.05, 4.69) is 4.90 Å². The number of carbonyl (C=O) groups excluding carboxylic acids is 1. The predicted molar refractivity (Wildman–Crippen MR) is 83.1 cm³/mol. The summed E-state index contributed by atoms with van der Waals surface area (Å²) >= 11 is 0. The molecule has 1 amide bonds. The molecule has 1 aromatic rings. The van der Waals surface area contributed by atoms with Crippen LogP contribution in [0, 0.1) is 17.7 Å². The van der Waals surface area contributed by atoms with Crippen molar-refractivity contribution in [1.82, 2.24) is 9.80 Å². The summed E-state index contributed by atoms with van der Waals surface area (Å²) in [6, 6.07) is 6.78. The Balaban J connectivity index is 1.36. The van der Waals surface area contributed by atoms with E-state index in [4.69, 9.17) is 0 Å². The van der Waals surface area contributed by atoms with Crippen LogP contribution in [-0.4, -0.2) is 47.9 Å². The molecule has 118 valence electrons. The molecule has 2 aliphatic carbocycles. The van der Waals surface area contributed by atoms with Crippen molar-refractivity contribution in [2.45, 2.75) is 31.7 Å². The Morgan fingerprint density at radius 2 is 1.91 bits per heavy atom. The van der Waals surface area contributed by atoms with Gasteiger partial charge in [-0.05, 0) is 49.3 Å². The number of rotatable bonds is 2. The summed E-state index contributed by atoms with van der Waals surface area (Å²) in [6.45, 7) is 3.47. The maximum atomic E-state index is 13.3. The van der Waals surface area contributed by atoms with E-state index in [-0.39, 0.29) is 11.7 Å². The van der Waals surface area contributed by atoms with Gasteiger partial charge >= 0.3 is 0 Å². The third kappa shape index (κ3) is 2.54. The number of nitrogens with zero attached hydrogens (tertiary/aromatic N) is 2. The van der Waals surface area contributed by atoms with Crippen LogP contribution in [0.3, 0.4) is 0 Å². The molecule has 1 aromatic carbocycles. The average molecular weight is 302 g/mol. The summed E-state index contributed by atoms with van der Waals surface area (Å²) in [4.78, 5) is 16.9. The zero-order chi connectivity index (χ0) is 15.1. The normalized spacial score (nSPS) is 31.7. The van der Waals surface area contributed by atoms with Crippen molar-refractivity contribution in [2.75, 3.05) is 26.2 Å². The van der Waals surface area contributed by atoms with Gasteiger partial charge in [0.2, 0.25) is 0 Å². The first-order valence-electron chi connectivity index (χ1n) is 8.49. The number of halogens is 1. The van der Waals surface area contributed by atoms with Gasteiger partial charge in [0.25, 0.3) is 5.91 Å². The summed E-state index contributed by atoms with van der Waals surface area (Å²) in [5.41, 5.74) is 0.466. The van der Waals surface area contributed by atoms with Gasteiger partial charge in [-0.25, -0.2) is 4.39 Å². The highest BCUT2D eigenvalue weighted by atomic mass is 19.1. The predicted octanol–water partition coefficient (Wildman–Crippen LogP) is 2.77. The van der Waals surface area contributed by atoms with Gasteiger partial charge in [-0.15, -0.1) is 0 Å². The lowest BCUT2D eigenvalue weighted by Gasteiger charge is -2.41. The van der Waals surface area contributed by atoms with Gasteiger partial charge in [-0.1, -0.05) is 12.5 Å². The minimum Gasteiger partial charge on any atom is -0.336 e. The Bertz CT molecular complexity index is 568. The van der Waals surface area contributed by atoms with Gasteiger partial charge in [0.05, 0.1) is 0 Å². The van der Waals surface area contributed by atoms with Gasteiger partial charge in [0, 0.05) is 37.8 Å². The Labute approximate surface area is 131 Å². The molecule has 4 heteroatoms. The Morgan fingerprint density at radius 3 is 2.55 bits per heavy atom. The third-order valence-corrected chi connectivity index (χ3v) is 5.84. The number of hydrogen-bond donors (Lipinski definition) is 0. The van der Waals surface area contributed by atoms with Crippen molar-refractivity contribution >= 4 is 5.91 Å². The number of piperazine rings is 1. The molecule has 0 unspecified atom stereocenters. The fraction of sp³-hybridized carbons (Fsp3) is 0.611. The van der Waals surface area contributed by atoms with Crippen molar-refractivity contribution in [1.29, 1.82) is 0 Å². The average Bonchev–Trinajstić information content (AvgIpc) is 3.17. The van der Waals surface area contributed by atoms with Crippen LogP contribution >= 0.6 is 0 Å². The van der Waals surface area contributed by atoms with Crippen molar-refractivity contribution in [3.05, 3.63) is 35.6 Å². The van der Waals surface area contributed by atoms with Crippen molar-refractivity contribution in [3.63, 3.8) is 0 Å². The molecular formula is C18H23FN2O. The molecule has 3 nitrogen and oxygen atoms in total. The second kappa shape index (κ2) is 5.65. The lowest BCUT2D eigenvalue weighted by Crippen LogP contribution is -2.53. The first kappa shape index (κ1) is 14.2. The van der Waals surface area contributed by atoms with Gasteiger partial charge in [-0.2, -0.15) is 0 Å². The quantitative estimate of drug-likeness (QED) is 0.839. The molecule has 1 heterocycles. The highest BCUT2D eigenvalue weighted by Gasteiger charge is 2.42. The summed E-state index contributed by atoms with van der Waals surface area (Å²) in [5, 5.41) is 0. The fourth-order valence-corrected chi connectivity index (χ4v) is 4.72. The topological polar surface area (TPSA) is 23.6 Å². The van der Waals surface area contributed by atoms with Crippen LogP contribution in [-0.2, 0) is 0 Å². The fourth-order valence-electron chi connectivity index (χ4n) is 4.72.